The van der Waals surface area contributed by atoms with Crippen LogP contribution in [0.5, 0.6) is 0 Å². The Balaban J connectivity index is 1.98. The Kier molecular flexibility index (Phi) is 6.42. The van der Waals surface area contributed by atoms with Gasteiger partial charge in [-0.15, -0.1) is 0 Å². The molecule has 1 saturated heterocycles. The number of anilines is 1. The third-order valence-electron chi connectivity index (χ3n) is 4.76. The van der Waals surface area contributed by atoms with E-state index in [2.05, 4.69) is 29.0 Å². The second kappa shape index (κ2) is 8.34. The largest absolute Gasteiger partial charge is 0.480 e. The number of carboxylic acids is 1. The number of hydrogen-bond acceptors (Lipinski definition) is 4. The number of aliphatic carboxylic acids is 1. The summed E-state index contributed by atoms with van der Waals surface area (Å²) in [5.41, 5.74) is 1.58. The number of rotatable bonds is 6. The molecule has 1 aliphatic heterocycles. The highest BCUT2D eigenvalue weighted by molar-refractivity contribution is 5.96. The van der Waals surface area contributed by atoms with Gasteiger partial charge in [-0.25, -0.2) is 4.79 Å². The fourth-order valence-corrected chi connectivity index (χ4v) is 3.06. The Bertz CT molecular complexity index is 590. The number of carboxylic acid groups (broad SMARTS) is 1. The van der Waals surface area contributed by atoms with E-state index < -0.39 is 12.0 Å². The second-order valence-electron chi connectivity index (χ2n) is 7.20. The predicted octanol–water partition coefficient (Wildman–Crippen LogP) is 2.06. The Morgan fingerprint density at radius 1 is 1.00 bits per heavy atom. The molecule has 2 rings (SSSR count). The molecular formula is C19H29N3O3. The van der Waals surface area contributed by atoms with Crippen LogP contribution in [0.2, 0.25) is 0 Å². The maximum absolute atomic E-state index is 12.3. The van der Waals surface area contributed by atoms with Gasteiger partial charge in [0.25, 0.3) is 5.91 Å². The molecule has 0 aliphatic carbocycles. The number of amides is 1. The van der Waals surface area contributed by atoms with Crippen LogP contribution in [0.4, 0.5) is 5.69 Å². The molecule has 1 aromatic rings. The normalized spacial score (nSPS) is 17.0. The van der Waals surface area contributed by atoms with E-state index in [4.69, 9.17) is 0 Å². The molecular weight excluding hydrogens is 318 g/mol. The SMILES string of the molecule is CC(C)[C@@H](NC(=O)c1ccc(N2CCN(C(C)C)CC2)cc1)C(=O)O. The van der Waals surface area contributed by atoms with Crippen molar-refractivity contribution in [1.29, 1.82) is 0 Å². The predicted molar refractivity (Wildman–Crippen MR) is 99.1 cm³/mol. The second-order valence-corrected chi connectivity index (χ2v) is 7.20. The molecule has 0 aromatic heterocycles. The highest BCUT2D eigenvalue weighted by Crippen LogP contribution is 2.18. The molecule has 6 nitrogen and oxygen atoms in total. The highest BCUT2D eigenvalue weighted by atomic mass is 16.4. The van der Waals surface area contributed by atoms with Gasteiger partial charge in [0.1, 0.15) is 6.04 Å². The number of carbonyl (C=O) groups is 2. The molecule has 2 N–H and O–H groups in total. The minimum absolute atomic E-state index is 0.169. The first-order chi connectivity index (χ1) is 11.8. The van der Waals surface area contributed by atoms with Crippen molar-refractivity contribution in [2.24, 2.45) is 5.92 Å². The first-order valence-corrected chi connectivity index (χ1v) is 8.92. The van der Waals surface area contributed by atoms with Crippen molar-refractivity contribution in [3.05, 3.63) is 29.8 Å². The average molecular weight is 347 g/mol. The van der Waals surface area contributed by atoms with Crippen molar-refractivity contribution in [3.63, 3.8) is 0 Å². The first-order valence-electron chi connectivity index (χ1n) is 8.92. The number of nitrogens with zero attached hydrogens (tertiary/aromatic N) is 2. The van der Waals surface area contributed by atoms with E-state index in [9.17, 15) is 14.7 Å². The van der Waals surface area contributed by atoms with Crippen LogP contribution in [-0.2, 0) is 4.79 Å². The smallest absolute Gasteiger partial charge is 0.326 e. The van der Waals surface area contributed by atoms with Crippen molar-refractivity contribution in [2.75, 3.05) is 31.1 Å². The maximum Gasteiger partial charge on any atom is 0.326 e. The van der Waals surface area contributed by atoms with Crippen LogP contribution in [0.25, 0.3) is 0 Å². The van der Waals surface area contributed by atoms with Crippen LogP contribution in [0.1, 0.15) is 38.1 Å². The summed E-state index contributed by atoms with van der Waals surface area (Å²) in [7, 11) is 0. The zero-order valence-corrected chi connectivity index (χ0v) is 15.5. The lowest BCUT2D eigenvalue weighted by Crippen LogP contribution is -2.48. The van der Waals surface area contributed by atoms with Gasteiger partial charge >= 0.3 is 5.97 Å². The standard InChI is InChI=1S/C19H29N3O3/c1-13(2)17(19(24)25)20-18(23)15-5-7-16(8-6-15)22-11-9-21(10-12-22)14(3)4/h5-8,13-14,17H,9-12H2,1-4H3,(H,20,23)(H,24,25)/t17-/m1/s1. The third-order valence-corrected chi connectivity index (χ3v) is 4.76. The van der Waals surface area contributed by atoms with Crippen LogP contribution in [0.15, 0.2) is 24.3 Å². The van der Waals surface area contributed by atoms with Crippen molar-refractivity contribution >= 4 is 17.6 Å². The number of piperazine rings is 1. The van der Waals surface area contributed by atoms with E-state index >= 15 is 0 Å². The van der Waals surface area contributed by atoms with Crippen molar-refractivity contribution in [2.45, 2.75) is 39.8 Å². The highest BCUT2D eigenvalue weighted by Gasteiger charge is 2.24. The summed E-state index contributed by atoms with van der Waals surface area (Å²) in [6.45, 7) is 12.0. The Hall–Kier alpha value is -2.08. The quantitative estimate of drug-likeness (QED) is 0.824. The minimum atomic E-state index is -1.01. The molecule has 1 aromatic carbocycles. The number of benzene rings is 1. The molecule has 0 saturated carbocycles. The van der Waals surface area contributed by atoms with E-state index in [1.807, 2.05) is 12.1 Å². The van der Waals surface area contributed by atoms with Gasteiger partial charge in [-0.2, -0.15) is 0 Å². The van der Waals surface area contributed by atoms with Gasteiger partial charge < -0.3 is 15.3 Å². The summed E-state index contributed by atoms with van der Waals surface area (Å²) in [6.07, 6.45) is 0. The van der Waals surface area contributed by atoms with Gasteiger partial charge in [0.05, 0.1) is 0 Å². The van der Waals surface area contributed by atoms with Gasteiger partial charge in [-0.1, -0.05) is 13.8 Å². The van der Waals surface area contributed by atoms with Gasteiger partial charge in [0, 0.05) is 43.5 Å². The van der Waals surface area contributed by atoms with Crippen LogP contribution < -0.4 is 10.2 Å². The molecule has 6 heteroatoms. The summed E-state index contributed by atoms with van der Waals surface area (Å²) in [6, 6.07) is 7.08. The fraction of sp³-hybridized carbons (Fsp3) is 0.579. The van der Waals surface area contributed by atoms with Crippen LogP contribution in [0, 0.1) is 5.92 Å². The van der Waals surface area contributed by atoms with E-state index in [-0.39, 0.29) is 11.8 Å². The molecule has 0 radical (unpaired) electrons. The van der Waals surface area contributed by atoms with Crippen molar-refractivity contribution < 1.29 is 14.7 Å². The summed E-state index contributed by atoms with van der Waals surface area (Å²) >= 11 is 0. The number of hydrogen-bond donors (Lipinski definition) is 2. The zero-order chi connectivity index (χ0) is 18.6. The lowest BCUT2D eigenvalue weighted by atomic mass is 10.0. The molecule has 1 atom stereocenters. The average Bonchev–Trinajstić information content (AvgIpc) is 2.59. The molecule has 1 heterocycles. The molecule has 0 unspecified atom stereocenters. The summed E-state index contributed by atoms with van der Waals surface area (Å²) in [5, 5.41) is 11.8. The molecule has 138 valence electrons. The number of nitrogens with one attached hydrogen (secondary N) is 1. The molecule has 1 fully saturated rings. The molecule has 1 amide bonds. The third kappa shape index (κ3) is 4.95. The Labute approximate surface area is 149 Å². The molecule has 25 heavy (non-hydrogen) atoms. The molecule has 0 spiro atoms. The van der Waals surface area contributed by atoms with Crippen molar-refractivity contribution in [1.82, 2.24) is 10.2 Å². The lowest BCUT2D eigenvalue weighted by molar-refractivity contribution is -0.140. The van der Waals surface area contributed by atoms with Gasteiger partial charge in [0.2, 0.25) is 0 Å². The Morgan fingerprint density at radius 2 is 1.56 bits per heavy atom. The van der Waals surface area contributed by atoms with E-state index in [0.717, 1.165) is 31.9 Å². The summed E-state index contributed by atoms with van der Waals surface area (Å²) < 4.78 is 0. The molecule has 1 aliphatic rings. The summed E-state index contributed by atoms with van der Waals surface area (Å²) in [5.74, 6) is -1.53. The van der Waals surface area contributed by atoms with E-state index in [1.54, 1.807) is 26.0 Å². The monoisotopic (exact) mass is 347 g/mol. The summed E-state index contributed by atoms with van der Waals surface area (Å²) in [4.78, 5) is 28.3. The minimum Gasteiger partial charge on any atom is -0.480 e. The fourth-order valence-electron chi connectivity index (χ4n) is 3.06. The number of carbonyl (C=O) groups excluding carboxylic acids is 1. The van der Waals surface area contributed by atoms with Gasteiger partial charge in [-0.05, 0) is 44.0 Å². The topological polar surface area (TPSA) is 72.9 Å². The zero-order valence-electron chi connectivity index (χ0n) is 15.5. The molecule has 0 bridgehead atoms. The first kappa shape index (κ1) is 19.2. The van der Waals surface area contributed by atoms with E-state index in [0.29, 0.717) is 11.6 Å². The van der Waals surface area contributed by atoms with Crippen LogP contribution in [0.3, 0.4) is 0 Å². The van der Waals surface area contributed by atoms with E-state index in [1.165, 1.54) is 0 Å². The maximum atomic E-state index is 12.3. The van der Waals surface area contributed by atoms with Gasteiger partial charge in [0.15, 0.2) is 0 Å². The lowest BCUT2D eigenvalue weighted by Gasteiger charge is -2.38. The Morgan fingerprint density at radius 3 is 2.00 bits per heavy atom. The van der Waals surface area contributed by atoms with Crippen LogP contribution in [-0.4, -0.2) is 60.1 Å². The van der Waals surface area contributed by atoms with Gasteiger partial charge in [-0.3, -0.25) is 9.69 Å². The van der Waals surface area contributed by atoms with Crippen LogP contribution >= 0.6 is 0 Å². The van der Waals surface area contributed by atoms with Crippen molar-refractivity contribution in [3.8, 4) is 0 Å².